The van der Waals surface area contributed by atoms with Crippen LogP contribution in [0.3, 0.4) is 0 Å². The first kappa shape index (κ1) is 17.5. The Morgan fingerprint density at radius 1 is 1.15 bits per heavy atom. The van der Waals surface area contributed by atoms with Gasteiger partial charge in [-0.1, -0.05) is 50.1 Å². The molecule has 5 heteroatoms. The predicted octanol–water partition coefficient (Wildman–Crippen LogP) is 4.79. The van der Waals surface area contributed by atoms with Crippen molar-refractivity contribution in [2.45, 2.75) is 51.4 Å². The summed E-state index contributed by atoms with van der Waals surface area (Å²) < 4.78 is 25.2. The molecule has 0 atom stereocenters. The second-order valence-electron chi connectivity index (χ2n) is 5.33. The molecule has 1 N–H and O–H groups in total. The molecule has 0 aliphatic heterocycles. The van der Waals surface area contributed by atoms with Crippen LogP contribution in [0.15, 0.2) is 30.3 Å². The van der Waals surface area contributed by atoms with Crippen molar-refractivity contribution in [3.63, 3.8) is 0 Å². The van der Waals surface area contributed by atoms with Crippen molar-refractivity contribution in [1.82, 2.24) is 0 Å². The van der Waals surface area contributed by atoms with Crippen molar-refractivity contribution >= 4 is 20.0 Å². The summed E-state index contributed by atoms with van der Waals surface area (Å²) in [5, 5.41) is 0. The lowest BCUT2D eigenvalue weighted by Gasteiger charge is -2.28. The van der Waals surface area contributed by atoms with E-state index in [1.807, 2.05) is 0 Å². The fourth-order valence-electron chi connectivity index (χ4n) is 2.92. The smallest absolute Gasteiger partial charge is 0.273 e. The first-order valence-electron chi connectivity index (χ1n) is 7.12. The molecule has 20 heavy (non-hydrogen) atoms. The van der Waals surface area contributed by atoms with Gasteiger partial charge in [-0.05, 0) is 43.1 Å². The van der Waals surface area contributed by atoms with Crippen LogP contribution < -0.4 is 0 Å². The Hall–Kier alpha value is -0.580. The van der Waals surface area contributed by atoms with Gasteiger partial charge in [-0.3, -0.25) is 4.55 Å². The highest BCUT2D eigenvalue weighted by Gasteiger charge is 2.21. The highest BCUT2D eigenvalue weighted by molar-refractivity contribution is 8.09. The topological polar surface area (TPSA) is 54.4 Å². The van der Waals surface area contributed by atoms with Crippen LogP contribution in [-0.2, 0) is 9.33 Å². The van der Waals surface area contributed by atoms with Gasteiger partial charge in [0, 0.05) is 10.7 Å². The van der Waals surface area contributed by atoms with Crippen molar-refractivity contribution in [2.24, 2.45) is 5.92 Å². The molecule has 1 fully saturated rings. The lowest BCUT2D eigenvalue weighted by Crippen LogP contribution is -2.13. The summed E-state index contributed by atoms with van der Waals surface area (Å²) in [4.78, 5) is 0. The molecule has 114 valence electrons. The number of halogens is 1. The number of hydrogen-bond acceptors (Lipinski definition) is 2. The molecule has 1 aromatic rings. The van der Waals surface area contributed by atoms with E-state index in [0.717, 1.165) is 11.8 Å². The van der Waals surface area contributed by atoms with Crippen LogP contribution in [0.2, 0.25) is 0 Å². The van der Waals surface area contributed by atoms with Gasteiger partial charge in [0.1, 0.15) is 0 Å². The van der Waals surface area contributed by atoms with Crippen molar-refractivity contribution in [2.75, 3.05) is 0 Å². The van der Waals surface area contributed by atoms with Gasteiger partial charge < -0.3 is 0 Å². The standard InChI is InChI=1S/C15H22.ClHO3S/c1-2-6-13-9-11-15(12-10-13)14-7-4-3-5-8-14;1-5(2,3)4/h3-5,7-8,13,15H,2,6,9-12H2,1H3;(H,2,3,4)/t13-,15-;. The molecular formula is C15H23ClO3S. The van der Waals surface area contributed by atoms with Gasteiger partial charge in [0.05, 0.1) is 0 Å². The van der Waals surface area contributed by atoms with Gasteiger partial charge in [-0.2, -0.15) is 8.42 Å². The van der Waals surface area contributed by atoms with E-state index < -0.39 is 9.33 Å². The Kier molecular flexibility index (Phi) is 7.56. The molecule has 1 aliphatic carbocycles. The number of hydrogen-bond donors (Lipinski definition) is 1. The van der Waals surface area contributed by atoms with Crippen molar-refractivity contribution in [1.29, 1.82) is 0 Å². The van der Waals surface area contributed by atoms with Gasteiger partial charge >= 0.3 is 9.33 Å². The van der Waals surface area contributed by atoms with E-state index in [9.17, 15) is 0 Å². The van der Waals surface area contributed by atoms with Crippen molar-refractivity contribution < 1.29 is 13.0 Å². The molecule has 0 radical (unpaired) electrons. The van der Waals surface area contributed by atoms with E-state index >= 15 is 0 Å². The normalized spacial score (nSPS) is 22.8. The first-order valence-corrected chi connectivity index (χ1v) is 9.38. The minimum atomic E-state index is -4.19. The second kappa shape index (κ2) is 8.65. The molecule has 0 amide bonds. The maximum absolute atomic E-state index is 8.95. The largest absolute Gasteiger partial charge is 0.353 e. The molecule has 0 unspecified atom stereocenters. The summed E-state index contributed by atoms with van der Waals surface area (Å²) in [6, 6.07) is 11.1. The van der Waals surface area contributed by atoms with Crippen molar-refractivity contribution in [3.05, 3.63) is 35.9 Å². The van der Waals surface area contributed by atoms with Crippen LogP contribution >= 0.6 is 10.7 Å². The van der Waals surface area contributed by atoms with Gasteiger partial charge in [0.2, 0.25) is 0 Å². The fraction of sp³-hybridized carbons (Fsp3) is 0.600. The lowest BCUT2D eigenvalue weighted by atomic mass is 9.77. The lowest BCUT2D eigenvalue weighted by molar-refractivity contribution is 0.308. The maximum atomic E-state index is 8.95. The highest BCUT2D eigenvalue weighted by atomic mass is 35.7. The third-order valence-electron chi connectivity index (χ3n) is 3.81. The zero-order valence-electron chi connectivity index (χ0n) is 11.8. The Morgan fingerprint density at radius 3 is 2.10 bits per heavy atom. The summed E-state index contributed by atoms with van der Waals surface area (Å²) in [6.07, 6.45) is 8.53. The van der Waals surface area contributed by atoms with Crippen LogP contribution in [0.1, 0.15) is 56.9 Å². The summed E-state index contributed by atoms with van der Waals surface area (Å²) in [5.74, 6) is 1.87. The van der Waals surface area contributed by atoms with Crippen LogP contribution in [0.5, 0.6) is 0 Å². The zero-order valence-corrected chi connectivity index (χ0v) is 13.4. The van der Waals surface area contributed by atoms with E-state index in [0.29, 0.717) is 0 Å². The molecule has 1 aromatic carbocycles. The Bertz CT molecular complexity index is 457. The maximum Gasteiger partial charge on any atom is 0.353 e. The first-order chi connectivity index (χ1) is 9.40. The molecule has 0 saturated heterocycles. The summed E-state index contributed by atoms with van der Waals surface area (Å²) in [6.45, 7) is 2.31. The summed E-state index contributed by atoms with van der Waals surface area (Å²) in [7, 11) is -0.137. The Morgan fingerprint density at radius 2 is 1.65 bits per heavy atom. The molecule has 1 saturated carbocycles. The Balaban J connectivity index is 0.000000347. The second-order valence-corrected chi connectivity index (χ2v) is 7.32. The average Bonchev–Trinajstić information content (AvgIpc) is 2.39. The minimum Gasteiger partial charge on any atom is -0.273 e. The molecular weight excluding hydrogens is 296 g/mol. The third-order valence-corrected chi connectivity index (χ3v) is 3.81. The predicted molar refractivity (Wildman–Crippen MR) is 83.5 cm³/mol. The summed E-state index contributed by atoms with van der Waals surface area (Å²) >= 11 is 0. The quantitative estimate of drug-likeness (QED) is 0.644. The molecule has 3 nitrogen and oxygen atoms in total. The van der Waals surface area contributed by atoms with Crippen LogP contribution in [0, 0.1) is 5.92 Å². The molecule has 2 rings (SSSR count). The fourth-order valence-corrected chi connectivity index (χ4v) is 2.92. The van der Waals surface area contributed by atoms with Crippen LogP contribution in [-0.4, -0.2) is 13.0 Å². The van der Waals surface area contributed by atoms with E-state index in [1.54, 1.807) is 5.56 Å². The highest BCUT2D eigenvalue weighted by Crippen LogP contribution is 2.37. The van der Waals surface area contributed by atoms with Gasteiger partial charge in [0.15, 0.2) is 0 Å². The van der Waals surface area contributed by atoms with Gasteiger partial charge in [-0.25, -0.2) is 0 Å². The molecule has 1 aliphatic rings. The van der Waals surface area contributed by atoms with Gasteiger partial charge in [-0.15, -0.1) is 0 Å². The average molecular weight is 319 g/mol. The van der Waals surface area contributed by atoms with E-state index in [2.05, 4.69) is 47.9 Å². The third kappa shape index (κ3) is 7.88. The Labute approximate surface area is 126 Å². The number of rotatable bonds is 3. The zero-order chi connectivity index (χ0) is 15.0. The van der Waals surface area contributed by atoms with Crippen LogP contribution in [0.4, 0.5) is 0 Å². The SMILES string of the molecule is CCC[C@H]1CC[C@H](c2ccccc2)CC1.O=S(=O)(O)Cl. The molecule has 0 spiro atoms. The minimum absolute atomic E-state index is 0.847. The molecule has 0 bridgehead atoms. The summed E-state index contributed by atoms with van der Waals surface area (Å²) in [5.41, 5.74) is 1.56. The van der Waals surface area contributed by atoms with E-state index in [-0.39, 0.29) is 0 Å². The van der Waals surface area contributed by atoms with E-state index in [1.165, 1.54) is 38.5 Å². The number of benzene rings is 1. The molecule has 0 aromatic heterocycles. The van der Waals surface area contributed by atoms with Gasteiger partial charge in [0.25, 0.3) is 0 Å². The van der Waals surface area contributed by atoms with E-state index in [4.69, 9.17) is 13.0 Å². The van der Waals surface area contributed by atoms with Crippen molar-refractivity contribution in [3.8, 4) is 0 Å². The molecule has 0 heterocycles. The monoisotopic (exact) mass is 318 g/mol. The van der Waals surface area contributed by atoms with Crippen LogP contribution in [0.25, 0.3) is 0 Å².